The van der Waals surface area contributed by atoms with Crippen molar-refractivity contribution in [3.63, 3.8) is 0 Å². The Morgan fingerprint density at radius 3 is 3.07 bits per heavy atom. The summed E-state index contributed by atoms with van der Waals surface area (Å²) in [5.74, 6) is 1.63. The van der Waals surface area contributed by atoms with Crippen molar-refractivity contribution >= 4 is 0 Å². The fourth-order valence-corrected chi connectivity index (χ4v) is 2.17. The van der Waals surface area contributed by atoms with Gasteiger partial charge in [0.1, 0.15) is 5.75 Å². The standard InChI is InChI=1S/C12H17NO/c1-9-6-7-13-8-10-4-3-5-11(14-2)12(9)10/h3-5,9,13H,6-8H2,1-2H3. The Kier molecular flexibility index (Phi) is 2.73. The van der Waals surface area contributed by atoms with Gasteiger partial charge in [-0.3, -0.25) is 0 Å². The molecular weight excluding hydrogens is 174 g/mol. The number of nitrogens with one attached hydrogen (secondary N) is 1. The van der Waals surface area contributed by atoms with Crippen LogP contribution in [0.4, 0.5) is 0 Å². The van der Waals surface area contributed by atoms with E-state index in [1.165, 1.54) is 17.5 Å². The van der Waals surface area contributed by atoms with Crippen molar-refractivity contribution in [3.8, 4) is 5.75 Å². The molecule has 0 fully saturated rings. The van der Waals surface area contributed by atoms with Crippen LogP contribution in [-0.2, 0) is 6.54 Å². The van der Waals surface area contributed by atoms with Gasteiger partial charge in [-0.1, -0.05) is 19.1 Å². The minimum Gasteiger partial charge on any atom is -0.496 e. The Labute approximate surface area is 85.3 Å². The zero-order valence-electron chi connectivity index (χ0n) is 8.84. The number of fused-ring (bicyclic) bond motifs is 1. The topological polar surface area (TPSA) is 21.3 Å². The van der Waals surface area contributed by atoms with Gasteiger partial charge in [0.2, 0.25) is 0 Å². The molecule has 2 heteroatoms. The van der Waals surface area contributed by atoms with Crippen LogP contribution in [0.25, 0.3) is 0 Å². The molecule has 1 aliphatic heterocycles. The summed E-state index contributed by atoms with van der Waals surface area (Å²) in [6.45, 7) is 4.34. The molecule has 1 unspecified atom stereocenters. The highest BCUT2D eigenvalue weighted by Crippen LogP contribution is 2.33. The van der Waals surface area contributed by atoms with E-state index in [0.717, 1.165) is 18.8 Å². The average Bonchev–Trinajstić information content (AvgIpc) is 2.40. The van der Waals surface area contributed by atoms with Gasteiger partial charge < -0.3 is 10.1 Å². The Bertz CT molecular complexity index is 322. The summed E-state index contributed by atoms with van der Waals surface area (Å²) in [5.41, 5.74) is 2.77. The van der Waals surface area contributed by atoms with Crippen molar-refractivity contribution in [2.75, 3.05) is 13.7 Å². The van der Waals surface area contributed by atoms with Gasteiger partial charge in [0.05, 0.1) is 7.11 Å². The number of benzene rings is 1. The Balaban J connectivity index is 2.47. The minimum atomic E-state index is 0.594. The smallest absolute Gasteiger partial charge is 0.122 e. The van der Waals surface area contributed by atoms with Gasteiger partial charge in [-0.05, 0) is 30.5 Å². The molecule has 0 aliphatic carbocycles. The summed E-state index contributed by atoms with van der Waals surface area (Å²) in [6, 6.07) is 6.31. The lowest BCUT2D eigenvalue weighted by Crippen LogP contribution is -2.12. The summed E-state index contributed by atoms with van der Waals surface area (Å²) in [4.78, 5) is 0. The summed E-state index contributed by atoms with van der Waals surface area (Å²) >= 11 is 0. The highest BCUT2D eigenvalue weighted by Gasteiger charge is 2.17. The maximum absolute atomic E-state index is 5.41. The molecular formula is C12H17NO. The molecule has 1 N–H and O–H groups in total. The van der Waals surface area contributed by atoms with Crippen LogP contribution in [0.5, 0.6) is 5.75 Å². The summed E-state index contributed by atoms with van der Waals surface area (Å²) < 4.78 is 5.41. The van der Waals surface area contributed by atoms with Crippen molar-refractivity contribution in [1.82, 2.24) is 5.32 Å². The molecule has 0 aromatic heterocycles. The zero-order chi connectivity index (χ0) is 9.97. The van der Waals surface area contributed by atoms with Gasteiger partial charge >= 0.3 is 0 Å². The van der Waals surface area contributed by atoms with E-state index in [9.17, 15) is 0 Å². The van der Waals surface area contributed by atoms with Crippen molar-refractivity contribution in [3.05, 3.63) is 29.3 Å². The van der Waals surface area contributed by atoms with Gasteiger partial charge in [-0.15, -0.1) is 0 Å². The maximum atomic E-state index is 5.41. The van der Waals surface area contributed by atoms with Crippen LogP contribution in [-0.4, -0.2) is 13.7 Å². The summed E-state index contributed by atoms with van der Waals surface area (Å²) in [6.07, 6.45) is 1.19. The summed E-state index contributed by atoms with van der Waals surface area (Å²) in [5, 5.41) is 3.43. The van der Waals surface area contributed by atoms with Crippen LogP contribution in [0.2, 0.25) is 0 Å². The van der Waals surface area contributed by atoms with Crippen LogP contribution in [0, 0.1) is 0 Å². The average molecular weight is 191 g/mol. The number of hydrogen-bond donors (Lipinski definition) is 1. The van der Waals surface area contributed by atoms with Crippen molar-refractivity contribution in [1.29, 1.82) is 0 Å². The largest absolute Gasteiger partial charge is 0.496 e. The normalized spacial score (nSPS) is 21.1. The Morgan fingerprint density at radius 2 is 2.29 bits per heavy atom. The minimum absolute atomic E-state index is 0.594. The van der Waals surface area contributed by atoms with Crippen LogP contribution in [0.1, 0.15) is 30.4 Å². The first-order valence-electron chi connectivity index (χ1n) is 5.19. The first kappa shape index (κ1) is 9.53. The van der Waals surface area contributed by atoms with E-state index in [4.69, 9.17) is 4.74 Å². The van der Waals surface area contributed by atoms with Gasteiger partial charge in [0.25, 0.3) is 0 Å². The van der Waals surface area contributed by atoms with Gasteiger partial charge in [0, 0.05) is 12.1 Å². The molecule has 1 aliphatic rings. The molecule has 0 amide bonds. The van der Waals surface area contributed by atoms with Gasteiger partial charge in [-0.2, -0.15) is 0 Å². The first-order chi connectivity index (χ1) is 6.83. The molecule has 1 atom stereocenters. The van der Waals surface area contributed by atoms with Gasteiger partial charge in [-0.25, -0.2) is 0 Å². The lowest BCUT2D eigenvalue weighted by Gasteiger charge is -2.15. The Morgan fingerprint density at radius 1 is 1.43 bits per heavy atom. The SMILES string of the molecule is COc1cccc2c1C(C)CCNC2. The monoisotopic (exact) mass is 191 g/mol. The van der Waals surface area contributed by atoms with Crippen LogP contribution >= 0.6 is 0 Å². The van der Waals surface area contributed by atoms with Crippen molar-refractivity contribution in [2.45, 2.75) is 25.8 Å². The number of hydrogen-bond acceptors (Lipinski definition) is 2. The maximum Gasteiger partial charge on any atom is 0.122 e. The highest BCUT2D eigenvalue weighted by molar-refractivity contribution is 5.43. The molecule has 76 valence electrons. The highest BCUT2D eigenvalue weighted by atomic mass is 16.5. The van der Waals surface area contributed by atoms with Crippen LogP contribution < -0.4 is 10.1 Å². The van der Waals surface area contributed by atoms with Crippen LogP contribution in [0.15, 0.2) is 18.2 Å². The molecule has 0 saturated carbocycles. The number of ether oxygens (including phenoxy) is 1. The zero-order valence-corrected chi connectivity index (χ0v) is 8.84. The molecule has 0 radical (unpaired) electrons. The third-order valence-electron chi connectivity index (χ3n) is 2.94. The van der Waals surface area contributed by atoms with E-state index >= 15 is 0 Å². The second-order valence-corrected chi connectivity index (χ2v) is 3.90. The first-order valence-corrected chi connectivity index (χ1v) is 5.19. The second-order valence-electron chi connectivity index (χ2n) is 3.90. The molecule has 14 heavy (non-hydrogen) atoms. The molecule has 1 heterocycles. The molecule has 0 saturated heterocycles. The predicted octanol–water partition coefficient (Wildman–Crippen LogP) is 2.29. The van der Waals surface area contributed by atoms with Crippen molar-refractivity contribution in [2.24, 2.45) is 0 Å². The molecule has 1 aromatic rings. The van der Waals surface area contributed by atoms with Gasteiger partial charge in [0.15, 0.2) is 0 Å². The number of rotatable bonds is 1. The van der Waals surface area contributed by atoms with Crippen molar-refractivity contribution < 1.29 is 4.74 Å². The van der Waals surface area contributed by atoms with Crippen LogP contribution in [0.3, 0.4) is 0 Å². The number of methoxy groups -OCH3 is 1. The molecule has 0 spiro atoms. The van der Waals surface area contributed by atoms with E-state index in [-0.39, 0.29) is 0 Å². The predicted molar refractivity (Wildman–Crippen MR) is 57.7 cm³/mol. The third-order valence-corrected chi connectivity index (χ3v) is 2.94. The second kappa shape index (κ2) is 4.01. The molecule has 2 nitrogen and oxygen atoms in total. The molecule has 2 rings (SSSR count). The quantitative estimate of drug-likeness (QED) is 0.735. The lowest BCUT2D eigenvalue weighted by molar-refractivity contribution is 0.405. The lowest BCUT2D eigenvalue weighted by atomic mass is 9.93. The van der Waals surface area contributed by atoms with E-state index in [1.807, 2.05) is 0 Å². The van der Waals surface area contributed by atoms with E-state index < -0.39 is 0 Å². The fourth-order valence-electron chi connectivity index (χ4n) is 2.17. The Hall–Kier alpha value is -1.02. The fraction of sp³-hybridized carbons (Fsp3) is 0.500. The molecule has 1 aromatic carbocycles. The van der Waals surface area contributed by atoms with E-state index in [2.05, 4.69) is 30.4 Å². The molecule has 0 bridgehead atoms. The third kappa shape index (κ3) is 1.62. The van der Waals surface area contributed by atoms with E-state index in [1.54, 1.807) is 7.11 Å². The van der Waals surface area contributed by atoms with E-state index in [0.29, 0.717) is 5.92 Å². The summed E-state index contributed by atoms with van der Waals surface area (Å²) in [7, 11) is 1.75.